The summed E-state index contributed by atoms with van der Waals surface area (Å²) in [4.78, 5) is 0.137. The Morgan fingerprint density at radius 2 is 1.94 bits per heavy atom. The predicted molar refractivity (Wildman–Crippen MR) is 71.7 cm³/mol. The van der Waals surface area contributed by atoms with Crippen molar-refractivity contribution in [3.63, 3.8) is 0 Å². The van der Waals surface area contributed by atoms with Crippen LogP contribution in [0.25, 0.3) is 0 Å². The highest BCUT2D eigenvalue weighted by Gasteiger charge is 2.22. The lowest BCUT2D eigenvalue weighted by Crippen LogP contribution is -2.32. The SMILES string of the molecule is O=S(NS(=O)(=O)c1ccccc1)C1C=CCCC1. The summed E-state index contributed by atoms with van der Waals surface area (Å²) in [6.07, 6.45) is 6.44. The molecule has 1 N–H and O–H groups in total. The van der Waals surface area contributed by atoms with Crippen LogP contribution in [0.5, 0.6) is 0 Å². The Labute approximate surface area is 110 Å². The fourth-order valence-corrected chi connectivity index (χ4v) is 4.67. The third-order valence-corrected chi connectivity index (χ3v) is 6.10. The molecule has 1 aliphatic rings. The number of hydrogen-bond donors (Lipinski definition) is 1. The second-order valence-corrected chi connectivity index (χ2v) is 7.44. The Kier molecular flexibility index (Phi) is 4.31. The van der Waals surface area contributed by atoms with Crippen molar-refractivity contribution in [2.75, 3.05) is 0 Å². The van der Waals surface area contributed by atoms with Crippen LogP contribution in [0.4, 0.5) is 0 Å². The lowest BCUT2D eigenvalue weighted by Gasteiger charge is -2.16. The third-order valence-electron chi connectivity index (χ3n) is 2.73. The topological polar surface area (TPSA) is 63.2 Å². The van der Waals surface area contributed by atoms with E-state index in [1.807, 2.05) is 12.2 Å². The third kappa shape index (κ3) is 3.28. The van der Waals surface area contributed by atoms with E-state index >= 15 is 0 Å². The smallest absolute Gasteiger partial charge is 0.241 e. The predicted octanol–water partition coefficient (Wildman–Crippen LogP) is 1.74. The molecule has 0 aliphatic heterocycles. The van der Waals surface area contributed by atoms with E-state index in [-0.39, 0.29) is 10.1 Å². The van der Waals surface area contributed by atoms with Gasteiger partial charge in [-0.15, -0.1) is 4.13 Å². The van der Waals surface area contributed by atoms with Gasteiger partial charge in [0.25, 0.3) is 10.0 Å². The highest BCUT2D eigenvalue weighted by Crippen LogP contribution is 2.16. The molecule has 2 unspecified atom stereocenters. The maximum absolute atomic E-state index is 12.0. The highest BCUT2D eigenvalue weighted by molar-refractivity contribution is 8.02. The molecule has 2 rings (SSSR count). The first-order valence-electron chi connectivity index (χ1n) is 5.74. The lowest BCUT2D eigenvalue weighted by molar-refractivity contribution is 0.591. The highest BCUT2D eigenvalue weighted by atomic mass is 32.3. The van der Waals surface area contributed by atoms with Crippen LogP contribution in [0, 0.1) is 0 Å². The van der Waals surface area contributed by atoms with Gasteiger partial charge in [-0.2, -0.15) is 0 Å². The summed E-state index contributed by atoms with van der Waals surface area (Å²) < 4.78 is 38.1. The molecule has 98 valence electrons. The average Bonchev–Trinajstić information content (AvgIpc) is 2.40. The molecule has 1 aromatic rings. The Bertz CT molecular complexity index is 552. The van der Waals surface area contributed by atoms with E-state index in [1.165, 1.54) is 12.1 Å². The van der Waals surface area contributed by atoms with Gasteiger partial charge in [-0.25, -0.2) is 12.6 Å². The van der Waals surface area contributed by atoms with Crippen LogP contribution in [0.1, 0.15) is 19.3 Å². The molecule has 6 heteroatoms. The Morgan fingerprint density at radius 3 is 2.56 bits per heavy atom. The number of hydrogen-bond acceptors (Lipinski definition) is 3. The van der Waals surface area contributed by atoms with Gasteiger partial charge in [-0.3, -0.25) is 0 Å². The Balaban J connectivity index is 2.11. The van der Waals surface area contributed by atoms with Crippen molar-refractivity contribution < 1.29 is 12.6 Å². The molecule has 0 aromatic heterocycles. The number of allylic oxidation sites excluding steroid dienone is 1. The molecule has 0 radical (unpaired) electrons. The molecule has 1 aromatic carbocycles. The van der Waals surface area contributed by atoms with E-state index in [0.29, 0.717) is 0 Å². The summed E-state index contributed by atoms with van der Waals surface area (Å²) in [7, 11) is -5.29. The minimum atomic E-state index is -3.69. The second-order valence-electron chi connectivity index (χ2n) is 4.09. The summed E-state index contributed by atoms with van der Waals surface area (Å²) in [5.41, 5.74) is 0. The number of nitrogens with one attached hydrogen (secondary N) is 1. The molecule has 4 nitrogen and oxygen atoms in total. The minimum Gasteiger partial charge on any atom is -0.241 e. The van der Waals surface area contributed by atoms with Crippen molar-refractivity contribution in [1.82, 2.24) is 4.13 Å². The zero-order valence-corrected chi connectivity index (χ0v) is 11.4. The second kappa shape index (κ2) is 5.77. The quantitative estimate of drug-likeness (QED) is 0.857. The largest absolute Gasteiger partial charge is 0.251 e. The summed E-state index contributed by atoms with van der Waals surface area (Å²) in [5.74, 6) is 0. The molecule has 0 amide bonds. The minimum absolute atomic E-state index is 0.137. The standard InChI is InChI=1S/C12H15NO3S2/c14-17(11-7-3-1-4-8-11)13-18(15,16)12-9-5-2-6-10-12/h2-3,5-7,9-11,13H,1,4,8H2. The van der Waals surface area contributed by atoms with E-state index in [9.17, 15) is 12.6 Å². The zero-order valence-electron chi connectivity index (χ0n) is 9.78. The maximum atomic E-state index is 12.0. The first kappa shape index (κ1) is 13.5. The zero-order chi connectivity index (χ0) is 13.0. The van der Waals surface area contributed by atoms with Crippen LogP contribution in [0.3, 0.4) is 0 Å². The molecular weight excluding hydrogens is 270 g/mol. The van der Waals surface area contributed by atoms with Gasteiger partial charge >= 0.3 is 0 Å². The summed E-state index contributed by atoms with van der Waals surface area (Å²) in [6.45, 7) is 0. The van der Waals surface area contributed by atoms with Gasteiger partial charge in [-0.1, -0.05) is 30.4 Å². The summed E-state index contributed by atoms with van der Waals surface area (Å²) >= 11 is 0. The van der Waals surface area contributed by atoms with Crippen LogP contribution in [-0.4, -0.2) is 17.9 Å². The van der Waals surface area contributed by atoms with Gasteiger partial charge in [0, 0.05) is 0 Å². The molecular formula is C12H15NO3S2. The van der Waals surface area contributed by atoms with Crippen LogP contribution in [0.2, 0.25) is 0 Å². The van der Waals surface area contributed by atoms with Crippen molar-refractivity contribution in [2.45, 2.75) is 29.4 Å². The lowest BCUT2D eigenvalue weighted by atomic mass is 10.1. The molecule has 0 saturated heterocycles. The van der Waals surface area contributed by atoms with Crippen molar-refractivity contribution in [3.05, 3.63) is 42.5 Å². The van der Waals surface area contributed by atoms with Crippen LogP contribution in [-0.2, 0) is 21.0 Å². The molecule has 0 bridgehead atoms. The van der Waals surface area contributed by atoms with Crippen molar-refractivity contribution in [3.8, 4) is 0 Å². The average molecular weight is 285 g/mol. The number of rotatable bonds is 4. The van der Waals surface area contributed by atoms with Crippen LogP contribution < -0.4 is 4.13 Å². The van der Waals surface area contributed by atoms with Gasteiger partial charge in [0.2, 0.25) is 0 Å². The van der Waals surface area contributed by atoms with E-state index < -0.39 is 21.0 Å². The van der Waals surface area contributed by atoms with Crippen molar-refractivity contribution >= 4 is 21.0 Å². The van der Waals surface area contributed by atoms with Gasteiger partial charge in [0.15, 0.2) is 0 Å². The first-order valence-corrected chi connectivity index (χ1v) is 8.44. The van der Waals surface area contributed by atoms with Crippen molar-refractivity contribution in [2.24, 2.45) is 0 Å². The number of benzene rings is 1. The van der Waals surface area contributed by atoms with E-state index in [0.717, 1.165) is 19.3 Å². The fourth-order valence-electron chi connectivity index (χ4n) is 1.78. The van der Waals surface area contributed by atoms with E-state index in [2.05, 4.69) is 4.13 Å². The van der Waals surface area contributed by atoms with E-state index in [4.69, 9.17) is 0 Å². The van der Waals surface area contributed by atoms with Crippen LogP contribution in [0.15, 0.2) is 47.4 Å². The van der Waals surface area contributed by atoms with Gasteiger partial charge in [-0.05, 0) is 31.4 Å². The molecule has 2 atom stereocenters. The summed E-state index contributed by atoms with van der Waals surface area (Å²) in [6, 6.07) is 7.97. The van der Waals surface area contributed by atoms with Gasteiger partial charge in [0.05, 0.1) is 10.1 Å². The monoisotopic (exact) mass is 285 g/mol. The molecule has 0 saturated carbocycles. The molecule has 18 heavy (non-hydrogen) atoms. The molecule has 0 fully saturated rings. The van der Waals surface area contributed by atoms with Gasteiger partial charge in [0.1, 0.15) is 11.0 Å². The van der Waals surface area contributed by atoms with Gasteiger partial charge < -0.3 is 0 Å². The van der Waals surface area contributed by atoms with E-state index in [1.54, 1.807) is 18.2 Å². The first-order chi connectivity index (χ1) is 8.59. The number of sulfonamides is 1. The summed E-state index contributed by atoms with van der Waals surface area (Å²) in [5, 5.41) is -0.225. The molecule has 0 spiro atoms. The normalized spacial score (nSPS) is 21.7. The molecule has 1 aliphatic carbocycles. The molecule has 0 heterocycles. The van der Waals surface area contributed by atoms with Crippen molar-refractivity contribution in [1.29, 1.82) is 0 Å². The Hall–Kier alpha value is -0.980. The Morgan fingerprint density at radius 1 is 1.22 bits per heavy atom. The fraction of sp³-hybridized carbons (Fsp3) is 0.333. The van der Waals surface area contributed by atoms with Crippen LogP contribution >= 0.6 is 0 Å². The maximum Gasteiger partial charge on any atom is 0.251 e.